The summed E-state index contributed by atoms with van der Waals surface area (Å²) >= 11 is 5.86. The molecule has 9 nitrogen and oxygen atoms in total. The maximum Gasteiger partial charge on any atom is 0.294 e. The van der Waals surface area contributed by atoms with Crippen molar-refractivity contribution in [2.24, 2.45) is 0 Å². The summed E-state index contributed by atoms with van der Waals surface area (Å²) in [6.45, 7) is -0.610. The number of aliphatic hydroxyl groups excluding tert-OH is 4. The quantitative estimate of drug-likeness (QED) is 0.453. The highest BCUT2D eigenvalue weighted by Gasteiger charge is 2.46. The fourth-order valence-corrected chi connectivity index (χ4v) is 2.61. The van der Waals surface area contributed by atoms with Gasteiger partial charge < -0.3 is 40.0 Å². The number of ether oxygens (including phenoxy) is 3. The highest BCUT2D eigenvalue weighted by atomic mass is 35.5. The number of rotatable bonds is 3. The summed E-state index contributed by atoms with van der Waals surface area (Å²) in [5.41, 5.74) is 0.401. The molecule has 1 aromatic rings. The third kappa shape index (κ3) is 3.20. The van der Waals surface area contributed by atoms with E-state index in [1.54, 1.807) is 12.1 Å². The molecule has 0 bridgehead atoms. The molecular formula is C14H16ClNO8. The van der Waals surface area contributed by atoms with Gasteiger partial charge in [-0.15, -0.1) is 0 Å². The summed E-state index contributed by atoms with van der Waals surface area (Å²) in [4.78, 5) is 12.0. The fraction of sp³-hybridized carbons (Fsp3) is 0.500. The summed E-state index contributed by atoms with van der Waals surface area (Å²) in [5.74, 6) is -0.390. The number of fused-ring (bicyclic) bond motifs is 1. The lowest BCUT2D eigenvalue weighted by atomic mass is 9.99. The first-order valence-electron chi connectivity index (χ1n) is 7.13. The predicted molar refractivity (Wildman–Crippen MR) is 79.3 cm³/mol. The van der Waals surface area contributed by atoms with Crippen LogP contribution in [0.25, 0.3) is 0 Å². The van der Waals surface area contributed by atoms with Crippen LogP contribution in [-0.4, -0.2) is 69.9 Å². The van der Waals surface area contributed by atoms with Crippen LogP contribution in [0.5, 0.6) is 5.75 Å². The van der Waals surface area contributed by atoms with E-state index in [9.17, 15) is 20.1 Å². The van der Waals surface area contributed by atoms with Crippen LogP contribution in [0.15, 0.2) is 18.2 Å². The van der Waals surface area contributed by atoms with Crippen molar-refractivity contribution >= 4 is 23.2 Å². The molecule has 1 amide bonds. The van der Waals surface area contributed by atoms with E-state index in [1.807, 2.05) is 0 Å². The van der Waals surface area contributed by atoms with Gasteiger partial charge in [-0.25, -0.2) is 0 Å². The van der Waals surface area contributed by atoms with Crippen molar-refractivity contribution in [2.75, 3.05) is 11.9 Å². The molecule has 0 aliphatic carbocycles. The molecule has 1 fully saturated rings. The van der Waals surface area contributed by atoms with Crippen molar-refractivity contribution in [3.63, 3.8) is 0 Å². The molecule has 1 saturated heterocycles. The SMILES string of the molecule is O=C1Nc2ccc(Cl)cc2O[C@@H]1O[C@@H]1O[C@H](CO)[C@@H](O)[C@H](O)[C@H]1O. The second-order valence-corrected chi connectivity index (χ2v) is 5.85. The Labute approximate surface area is 141 Å². The average molecular weight is 362 g/mol. The first-order chi connectivity index (χ1) is 11.4. The highest BCUT2D eigenvalue weighted by molar-refractivity contribution is 6.30. The molecule has 0 radical (unpaired) electrons. The number of carbonyl (C=O) groups excluding carboxylic acids is 1. The Balaban J connectivity index is 1.74. The lowest BCUT2D eigenvalue weighted by Crippen LogP contribution is -2.60. The molecule has 2 aliphatic rings. The molecule has 3 rings (SSSR count). The van der Waals surface area contributed by atoms with Gasteiger partial charge in [0.1, 0.15) is 30.2 Å². The van der Waals surface area contributed by atoms with Gasteiger partial charge in [-0.1, -0.05) is 11.6 Å². The van der Waals surface area contributed by atoms with Gasteiger partial charge in [0.15, 0.2) is 6.29 Å². The number of halogens is 1. The normalized spacial score (nSPS) is 35.8. The molecule has 0 saturated carbocycles. The first-order valence-corrected chi connectivity index (χ1v) is 7.51. The van der Waals surface area contributed by atoms with Crippen LogP contribution in [0.2, 0.25) is 5.02 Å². The third-order valence-electron chi connectivity index (χ3n) is 3.76. The smallest absolute Gasteiger partial charge is 0.294 e. The zero-order valence-electron chi connectivity index (χ0n) is 12.2. The van der Waals surface area contributed by atoms with Crippen molar-refractivity contribution < 1.29 is 39.4 Å². The summed E-state index contributed by atoms with van der Waals surface area (Å²) in [6, 6.07) is 4.60. The van der Waals surface area contributed by atoms with Gasteiger partial charge in [-0.05, 0) is 12.1 Å². The monoisotopic (exact) mass is 361 g/mol. The number of benzene rings is 1. The summed E-state index contributed by atoms with van der Waals surface area (Å²) in [5, 5.41) is 41.4. The average Bonchev–Trinajstić information content (AvgIpc) is 2.56. The van der Waals surface area contributed by atoms with Crippen molar-refractivity contribution in [2.45, 2.75) is 37.0 Å². The molecule has 5 N–H and O–H groups in total. The minimum Gasteiger partial charge on any atom is -0.453 e. The van der Waals surface area contributed by atoms with Crippen LogP contribution >= 0.6 is 11.6 Å². The number of carbonyl (C=O) groups is 1. The number of amides is 1. The van der Waals surface area contributed by atoms with Crippen molar-refractivity contribution in [3.05, 3.63) is 23.2 Å². The van der Waals surface area contributed by atoms with Gasteiger partial charge in [0, 0.05) is 11.1 Å². The Hall–Kier alpha value is -1.46. The van der Waals surface area contributed by atoms with Gasteiger partial charge >= 0.3 is 0 Å². The summed E-state index contributed by atoms with van der Waals surface area (Å²) in [7, 11) is 0. The molecule has 6 atom stereocenters. The maximum atomic E-state index is 12.0. The molecule has 0 aromatic heterocycles. The molecule has 2 heterocycles. The van der Waals surface area contributed by atoms with Crippen LogP contribution in [-0.2, 0) is 14.3 Å². The topological polar surface area (TPSA) is 138 Å². The Morgan fingerprint density at radius 1 is 1.21 bits per heavy atom. The number of hydrogen-bond donors (Lipinski definition) is 5. The van der Waals surface area contributed by atoms with E-state index in [4.69, 9.17) is 30.9 Å². The summed E-state index contributed by atoms with van der Waals surface area (Å²) in [6.07, 6.45) is -8.89. The van der Waals surface area contributed by atoms with E-state index in [1.165, 1.54) is 6.07 Å². The molecule has 0 unspecified atom stereocenters. The molecule has 2 aliphatic heterocycles. The molecule has 1 aromatic carbocycles. The van der Waals surface area contributed by atoms with Gasteiger partial charge in [0.05, 0.1) is 12.3 Å². The highest BCUT2D eigenvalue weighted by Crippen LogP contribution is 2.33. The molecule has 0 spiro atoms. The van der Waals surface area contributed by atoms with Crippen molar-refractivity contribution in [3.8, 4) is 5.75 Å². The fourth-order valence-electron chi connectivity index (χ4n) is 2.45. The second kappa shape index (κ2) is 6.81. The zero-order valence-corrected chi connectivity index (χ0v) is 13.0. The van der Waals surface area contributed by atoms with Gasteiger partial charge in [-0.2, -0.15) is 0 Å². The Morgan fingerprint density at radius 2 is 1.96 bits per heavy atom. The lowest BCUT2D eigenvalue weighted by molar-refractivity contribution is -0.322. The van der Waals surface area contributed by atoms with E-state index in [2.05, 4.69) is 5.32 Å². The minimum atomic E-state index is -1.64. The van der Waals surface area contributed by atoms with E-state index < -0.39 is 49.5 Å². The van der Waals surface area contributed by atoms with Crippen LogP contribution in [0.3, 0.4) is 0 Å². The molecule has 24 heavy (non-hydrogen) atoms. The van der Waals surface area contributed by atoms with E-state index in [0.29, 0.717) is 10.7 Å². The molecular weight excluding hydrogens is 346 g/mol. The van der Waals surface area contributed by atoms with Gasteiger partial charge in [-0.3, -0.25) is 4.79 Å². The van der Waals surface area contributed by atoms with Crippen molar-refractivity contribution in [1.82, 2.24) is 0 Å². The zero-order chi connectivity index (χ0) is 17.4. The molecule has 132 valence electrons. The minimum absolute atomic E-state index is 0.261. The largest absolute Gasteiger partial charge is 0.453 e. The Kier molecular flexibility index (Phi) is 4.92. The van der Waals surface area contributed by atoms with Gasteiger partial charge in [0.25, 0.3) is 12.2 Å². The Bertz CT molecular complexity index is 627. The maximum absolute atomic E-state index is 12.0. The number of nitrogens with one attached hydrogen (secondary N) is 1. The summed E-state index contributed by atoms with van der Waals surface area (Å²) < 4.78 is 15.8. The standard InChI is InChI=1S/C14H16ClNO8/c15-5-1-2-6-7(3-5)22-14(12(21)16-6)24-13-11(20)10(19)9(18)8(4-17)23-13/h1-3,8-11,13-14,17-20H,4H2,(H,16,21)/t8-,9-,10+,11-,13+,14-/m1/s1. The number of aliphatic hydroxyl groups is 4. The van der Waals surface area contributed by atoms with Crippen LogP contribution in [0, 0.1) is 0 Å². The third-order valence-corrected chi connectivity index (χ3v) is 3.99. The predicted octanol–water partition coefficient (Wildman–Crippen LogP) is -1.19. The van der Waals surface area contributed by atoms with Crippen LogP contribution in [0.4, 0.5) is 5.69 Å². The number of anilines is 1. The lowest BCUT2D eigenvalue weighted by Gasteiger charge is -2.40. The van der Waals surface area contributed by atoms with E-state index >= 15 is 0 Å². The van der Waals surface area contributed by atoms with Crippen LogP contribution in [0.1, 0.15) is 0 Å². The second-order valence-electron chi connectivity index (χ2n) is 5.41. The van der Waals surface area contributed by atoms with E-state index in [-0.39, 0.29) is 5.75 Å². The van der Waals surface area contributed by atoms with Crippen molar-refractivity contribution in [1.29, 1.82) is 0 Å². The van der Waals surface area contributed by atoms with E-state index in [0.717, 1.165) is 0 Å². The van der Waals surface area contributed by atoms with Gasteiger partial charge in [0.2, 0.25) is 0 Å². The first kappa shape index (κ1) is 17.4. The van der Waals surface area contributed by atoms with Crippen LogP contribution < -0.4 is 10.1 Å². The Morgan fingerprint density at radius 3 is 2.67 bits per heavy atom. The molecule has 10 heteroatoms. The number of hydrogen-bond acceptors (Lipinski definition) is 8.